The van der Waals surface area contributed by atoms with Gasteiger partial charge in [0.15, 0.2) is 5.96 Å². The summed E-state index contributed by atoms with van der Waals surface area (Å²) >= 11 is 0. The molecule has 0 aromatic heterocycles. The number of ether oxygens (including phenoxy) is 2. The largest absolute Gasteiger partial charge is 0.489 e. The van der Waals surface area contributed by atoms with Gasteiger partial charge >= 0.3 is 0 Å². The molecule has 1 aliphatic rings. The maximum absolute atomic E-state index is 6.07. The Morgan fingerprint density at radius 1 is 1.31 bits per heavy atom. The van der Waals surface area contributed by atoms with E-state index in [0.29, 0.717) is 0 Å². The molecule has 26 heavy (non-hydrogen) atoms. The van der Waals surface area contributed by atoms with Crippen molar-refractivity contribution in [2.75, 3.05) is 53.0 Å². The van der Waals surface area contributed by atoms with Gasteiger partial charge < -0.3 is 20.1 Å². The molecule has 0 bridgehead atoms. The van der Waals surface area contributed by atoms with Gasteiger partial charge in [0.1, 0.15) is 11.9 Å². The summed E-state index contributed by atoms with van der Waals surface area (Å²) in [6.45, 7) is 10.5. The summed E-state index contributed by atoms with van der Waals surface area (Å²) < 4.78 is 11.4. The zero-order valence-corrected chi connectivity index (χ0v) is 18.5. The molecule has 1 unspecified atom stereocenters. The van der Waals surface area contributed by atoms with Crippen molar-refractivity contribution >= 4 is 29.9 Å². The molecule has 2 N–H and O–H groups in total. The summed E-state index contributed by atoms with van der Waals surface area (Å²) in [4.78, 5) is 6.70. The van der Waals surface area contributed by atoms with Gasteiger partial charge in [-0.05, 0) is 31.0 Å². The van der Waals surface area contributed by atoms with Gasteiger partial charge in [0.05, 0.1) is 19.8 Å². The van der Waals surface area contributed by atoms with Crippen LogP contribution in [-0.4, -0.2) is 69.9 Å². The standard InChI is InChI=1S/C19H32N4O2.HI/c1-4-17(25-18-7-5-6-16(2)14-18)15-22-19(20-3)21-8-9-23-10-12-24-13-11-23;/h5-7,14,17H,4,8-13,15H2,1-3H3,(H2,20,21,22);1H. The van der Waals surface area contributed by atoms with E-state index in [1.54, 1.807) is 7.05 Å². The van der Waals surface area contributed by atoms with Crippen molar-refractivity contribution in [2.45, 2.75) is 26.4 Å². The number of aliphatic imine (C=N–C) groups is 1. The second kappa shape index (κ2) is 13.2. The minimum Gasteiger partial charge on any atom is -0.489 e. The maximum atomic E-state index is 6.07. The number of guanidine groups is 1. The highest BCUT2D eigenvalue weighted by molar-refractivity contribution is 14.0. The van der Waals surface area contributed by atoms with Gasteiger partial charge in [-0.2, -0.15) is 0 Å². The Morgan fingerprint density at radius 3 is 2.73 bits per heavy atom. The first-order valence-corrected chi connectivity index (χ1v) is 9.19. The zero-order valence-electron chi connectivity index (χ0n) is 16.2. The molecule has 1 aromatic rings. The maximum Gasteiger partial charge on any atom is 0.191 e. The highest BCUT2D eigenvalue weighted by Gasteiger charge is 2.11. The molecule has 1 saturated heterocycles. The lowest BCUT2D eigenvalue weighted by Crippen LogP contribution is -2.46. The monoisotopic (exact) mass is 476 g/mol. The van der Waals surface area contributed by atoms with Crippen molar-refractivity contribution in [3.05, 3.63) is 29.8 Å². The molecule has 6 nitrogen and oxygen atoms in total. The molecule has 0 spiro atoms. The zero-order chi connectivity index (χ0) is 17.9. The van der Waals surface area contributed by atoms with E-state index in [1.165, 1.54) is 5.56 Å². The second-order valence-corrected chi connectivity index (χ2v) is 6.30. The van der Waals surface area contributed by atoms with E-state index in [9.17, 15) is 0 Å². The predicted octanol–water partition coefficient (Wildman–Crippen LogP) is 2.27. The summed E-state index contributed by atoms with van der Waals surface area (Å²) in [7, 11) is 1.80. The Kier molecular flexibility index (Phi) is 11.6. The lowest BCUT2D eigenvalue weighted by Gasteiger charge is -2.27. The average molecular weight is 476 g/mol. The molecule has 1 aromatic carbocycles. The third kappa shape index (κ3) is 8.55. The van der Waals surface area contributed by atoms with Crippen LogP contribution in [0.25, 0.3) is 0 Å². The van der Waals surface area contributed by atoms with Gasteiger partial charge in [-0.3, -0.25) is 9.89 Å². The summed E-state index contributed by atoms with van der Waals surface area (Å²) in [6, 6.07) is 8.17. The van der Waals surface area contributed by atoms with E-state index >= 15 is 0 Å². The van der Waals surface area contributed by atoms with Crippen LogP contribution >= 0.6 is 24.0 Å². The number of halogens is 1. The Labute approximate surface area is 174 Å². The fraction of sp³-hybridized carbons (Fsp3) is 0.632. The van der Waals surface area contributed by atoms with Crippen molar-refractivity contribution in [3.8, 4) is 5.75 Å². The lowest BCUT2D eigenvalue weighted by molar-refractivity contribution is 0.0389. The number of rotatable bonds is 8. The molecule has 1 fully saturated rings. The van der Waals surface area contributed by atoms with Crippen molar-refractivity contribution in [3.63, 3.8) is 0 Å². The minimum absolute atomic E-state index is 0. The average Bonchev–Trinajstić information content (AvgIpc) is 2.64. The SMILES string of the molecule is CCC(CNC(=NC)NCCN1CCOCC1)Oc1cccc(C)c1.I. The van der Waals surface area contributed by atoms with Crippen LogP contribution < -0.4 is 15.4 Å². The Hall–Kier alpha value is -1.06. The first-order valence-electron chi connectivity index (χ1n) is 9.19. The van der Waals surface area contributed by atoms with Crippen molar-refractivity contribution in [1.29, 1.82) is 0 Å². The van der Waals surface area contributed by atoms with Gasteiger partial charge in [-0.25, -0.2) is 0 Å². The van der Waals surface area contributed by atoms with Crippen LogP contribution in [0.1, 0.15) is 18.9 Å². The fourth-order valence-corrected chi connectivity index (χ4v) is 2.74. The number of benzene rings is 1. The molecule has 0 amide bonds. The highest BCUT2D eigenvalue weighted by Crippen LogP contribution is 2.15. The number of nitrogens with zero attached hydrogens (tertiary/aromatic N) is 2. The molecule has 0 saturated carbocycles. The normalized spacial score (nSPS) is 16.5. The van der Waals surface area contributed by atoms with Crippen molar-refractivity contribution < 1.29 is 9.47 Å². The first-order chi connectivity index (χ1) is 12.2. The van der Waals surface area contributed by atoms with E-state index < -0.39 is 0 Å². The third-order valence-electron chi connectivity index (χ3n) is 4.29. The van der Waals surface area contributed by atoms with Crippen LogP contribution in [0.5, 0.6) is 5.75 Å². The van der Waals surface area contributed by atoms with E-state index in [1.807, 2.05) is 12.1 Å². The van der Waals surface area contributed by atoms with Crippen LogP contribution in [0.3, 0.4) is 0 Å². The van der Waals surface area contributed by atoms with Crippen LogP contribution in [0.2, 0.25) is 0 Å². The van der Waals surface area contributed by atoms with Gasteiger partial charge in [0, 0.05) is 33.2 Å². The molecular weight excluding hydrogens is 443 g/mol. The van der Waals surface area contributed by atoms with E-state index in [2.05, 4.69) is 46.5 Å². The predicted molar refractivity (Wildman–Crippen MR) is 118 cm³/mol. The quantitative estimate of drug-likeness (QED) is 0.343. The first kappa shape index (κ1) is 23.0. The summed E-state index contributed by atoms with van der Waals surface area (Å²) in [5.41, 5.74) is 1.21. The number of nitrogens with one attached hydrogen (secondary N) is 2. The fourth-order valence-electron chi connectivity index (χ4n) is 2.74. The summed E-state index contributed by atoms with van der Waals surface area (Å²) in [6.07, 6.45) is 1.05. The molecule has 148 valence electrons. The topological polar surface area (TPSA) is 58.1 Å². The van der Waals surface area contributed by atoms with Gasteiger partial charge in [0.2, 0.25) is 0 Å². The number of hydrogen-bond acceptors (Lipinski definition) is 4. The molecule has 1 atom stereocenters. The molecule has 2 rings (SSSR count). The van der Waals surface area contributed by atoms with Gasteiger partial charge in [0.25, 0.3) is 0 Å². The molecule has 7 heteroatoms. The Bertz CT molecular complexity index is 536. The van der Waals surface area contributed by atoms with Crippen molar-refractivity contribution in [2.24, 2.45) is 4.99 Å². The molecular formula is C19H33IN4O2. The lowest BCUT2D eigenvalue weighted by atomic mass is 10.2. The molecule has 1 aliphatic heterocycles. The van der Waals surface area contributed by atoms with E-state index in [0.717, 1.165) is 64.1 Å². The summed E-state index contributed by atoms with van der Waals surface area (Å²) in [5, 5.41) is 6.73. The molecule has 0 radical (unpaired) electrons. The van der Waals surface area contributed by atoms with Crippen molar-refractivity contribution in [1.82, 2.24) is 15.5 Å². The van der Waals surface area contributed by atoms with Crippen LogP contribution in [0, 0.1) is 6.92 Å². The number of aryl methyl sites for hydroxylation is 1. The second-order valence-electron chi connectivity index (χ2n) is 6.30. The van der Waals surface area contributed by atoms with E-state index in [-0.39, 0.29) is 30.1 Å². The Morgan fingerprint density at radius 2 is 2.08 bits per heavy atom. The smallest absolute Gasteiger partial charge is 0.191 e. The minimum atomic E-state index is 0. The van der Waals surface area contributed by atoms with Gasteiger partial charge in [-0.1, -0.05) is 19.1 Å². The van der Waals surface area contributed by atoms with Crippen LogP contribution in [0.4, 0.5) is 0 Å². The van der Waals surface area contributed by atoms with Crippen LogP contribution in [0.15, 0.2) is 29.3 Å². The summed E-state index contributed by atoms with van der Waals surface area (Å²) in [5.74, 6) is 1.74. The van der Waals surface area contributed by atoms with E-state index in [4.69, 9.17) is 9.47 Å². The Balaban J connectivity index is 0.00000338. The number of hydrogen-bond donors (Lipinski definition) is 2. The van der Waals surface area contributed by atoms with Crippen LogP contribution in [-0.2, 0) is 4.74 Å². The molecule has 0 aliphatic carbocycles. The molecule has 1 heterocycles. The number of morpholine rings is 1. The third-order valence-corrected chi connectivity index (χ3v) is 4.29. The highest BCUT2D eigenvalue weighted by atomic mass is 127. The van der Waals surface area contributed by atoms with Gasteiger partial charge in [-0.15, -0.1) is 24.0 Å².